The van der Waals surface area contributed by atoms with Crippen molar-refractivity contribution >= 4 is 33.8 Å². The predicted molar refractivity (Wildman–Crippen MR) is 91.2 cm³/mol. The molecule has 2 aromatic carbocycles. The maximum atomic E-state index is 12.9. The van der Waals surface area contributed by atoms with Gasteiger partial charge in [-0.15, -0.1) is 0 Å². The summed E-state index contributed by atoms with van der Waals surface area (Å²) in [5, 5.41) is 2.62. The Morgan fingerprint density at radius 1 is 1.25 bits per heavy atom. The van der Waals surface area contributed by atoms with Crippen molar-refractivity contribution in [3.63, 3.8) is 0 Å². The fraction of sp³-hybridized carbons (Fsp3) is 0.176. The molecule has 1 N–H and O–H groups in total. The minimum absolute atomic E-state index is 0.268. The number of benzene rings is 2. The first-order valence-corrected chi connectivity index (χ1v) is 7.79. The SMILES string of the molecule is COc1cc(Br)c(C=O)cc1O[C@H](C)C(=O)Nc1ccc(F)cc1. The lowest BCUT2D eigenvalue weighted by molar-refractivity contribution is -0.122. The third-order valence-corrected chi connectivity index (χ3v) is 3.88. The average Bonchev–Trinajstić information content (AvgIpc) is 2.57. The van der Waals surface area contributed by atoms with E-state index in [4.69, 9.17) is 9.47 Å². The van der Waals surface area contributed by atoms with Crippen LogP contribution in [0.3, 0.4) is 0 Å². The van der Waals surface area contributed by atoms with Gasteiger partial charge in [0, 0.05) is 15.7 Å². The first-order chi connectivity index (χ1) is 11.4. The van der Waals surface area contributed by atoms with Gasteiger partial charge >= 0.3 is 0 Å². The highest BCUT2D eigenvalue weighted by molar-refractivity contribution is 9.10. The molecule has 0 aliphatic heterocycles. The molecule has 0 fully saturated rings. The second kappa shape index (κ2) is 7.92. The van der Waals surface area contributed by atoms with E-state index < -0.39 is 17.8 Å². The maximum absolute atomic E-state index is 12.9. The average molecular weight is 396 g/mol. The van der Waals surface area contributed by atoms with Gasteiger partial charge in [0.25, 0.3) is 5.91 Å². The summed E-state index contributed by atoms with van der Waals surface area (Å²) < 4.78 is 24.2. The van der Waals surface area contributed by atoms with Crippen molar-refractivity contribution in [2.45, 2.75) is 13.0 Å². The Kier molecular flexibility index (Phi) is 5.92. The largest absolute Gasteiger partial charge is 0.493 e. The Hall–Kier alpha value is -2.41. The summed E-state index contributed by atoms with van der Waals surface area (Å²) in [5.41, 5.74) is 0.824. The van der Waals surface area contributed by atoms with Crippen molar-refractivity contribution in [1.29, 1.82) is 0 Å². The highest BCUT2D eigenvalue weighted by atomic mass is 79.9. The summed E-state index contributed by atoms with van der Waals surface area (Å²) >= 11 is 3.25. The number of anilines is 1. The molecule has 24 heavy (non-hydrogen) atoms. The number of methoxy groups -OCH3 is 1. The van der Waals surface area contributed by atoms with Crippen LogP contribution in [0.4, 0.5) is 10.1 Å². The monoisotopic (exact) mass is 395 g/mol. The van der Waals surface area contributed by atoms with Crippen LogP contribution in [-0.2, 0) is 4.79 Å². The molecule has 1 atom stereocenters. The lowest BCUT2D eigenvalue weighted by atomic mass is 10.2. The predicted octanol–water partition coefficient (Wildman–Crippen LogP) is 3.82. The van der Waals surface area contributed by atoms with Crippen molar-refractivity contribution in [1.82, 2.24) is 0 Å². The molecule has 0 spiro atoms. The van der Waals surface area contributed by atoms with Gasteiger partial charge in [-0.2, -0.15) is 0 Å². The van der Waals surface area contributed by atoms with Crippen LogP contribution in [0.2, 0.25) is 0 Å². The molecule has 0 saturated heterocycles. The van der Waals surface area contributed by atoms with Gasteiger partial charge in [-0.25, -0.2) is 4.39 Å². The quantitative estimate of drug-likeness (QED) is 0.755. The highest BCUT2D eigenvalue weighted by Gasteiger charge is 2.18. The fourth-order valence-electron chi connectivity index (χ4n) is 1.91. The summed E-state index contributed by atoms with van der Waals surface area (Å²) in [5.74, 6) is -0.156. The minimum Gasteiger partial charge on any atom is -0.493 e. The first-order valence-electron chi connectivity index (χ1n) is 7.00. The second-order valence-corrected chi connectivity index (χ2v) is 5.75. The lowest BCUT2D eigenvalue weighted by Crippen LogP contribution is -2.30. The van der Waals surface area contributed by atoms with E-state index in [9.17, 15) is 14.0 Å². The zero-order valence-electron chi connectivity index (χ0n) is 13.0. The molecule has 0 heterocycles. The molecular weight excluding hydrogens is 381 g/mol. The van der Waals surface area contributed by atoms with Gasteiger partial charge in [0.05, 0.1) is 7.11 Å². The first kappa shape index (κ1) is 17.9. The molecular formula is C17H15BrFNO4. The molecule has 0 unspecified atom stereocenters. The van der Waals surface area contributed by atoms with Crippen LogP contribution in [0.1, 0.15) is 17.3 Å². The van der Waals surface area contributed by atoms with Crippen molar-refractivity contribution in [2.75, 3.05) is 12.4 Å². The van der Waals surface area contributed by atoms with E-state index in [0.717, 1.165) is 0 Å². The Bertz CT molecular complexity index is 749. The number of ether oxygens (including phenoxy) is 2. The number of nitrogens with one attached hydrogen (secondary N) is 1. The van der Waals surface area contributed by atoms with E-state index in [2.05, 4.69) is 21.2 Å². The van der Waals surface area contributed by atoms with Crippen LogP contribution in [0, 0.1) is 5.82 Å². The van der Waals surface area contributed by atoms with Crippen LogP contribution in [0.25, 0.3) is 0 Å². The molecule has 126 valence electrons. The van der Waals surface area contributed by atoms with Gasteiger partial charge < -0.3 is 14.8 Å². The summed E-state index contributed by atoms with van der Waals surface area (Å²) in [6.07, 6.45) is -0.191. The number of halogens is 2. The van der Waals surface area contributed by atoms with Crippen molar-refractivity contribution in [2.24, 2.45) is 0 Å². The van der Waals surface area contributed by atoms with Crippen LogP contribution in [0.15, 0.2) is 40.9 Å². The molecule has 0 aliphatic rings. The van der Waals surface area contributed by atoms with Crippen LogP contribution >= 0.6 is 15.9 Å². The zero-order valence-corrected chi connectivity index (χ0v) is 14.6. The van der Waals surface area contributed by atoms with Gasteiger partial charge in [-0.1, -0.05) is 0 Å². The van der Waals surface area contributed by atoms with Crippen molar-refractivity contribution in [3.05, 3.63) is 52.3 Å². The molecule has 1 amide bonds. The van der Waals surface area contributed by atoms with Crippen LogP contribution in [0.5, 0.6) is 11.5 Å². The lowest BCUT2D eigenvalue weighted by Gasteiger charge is -2.17. The second-order valence-electron chi connectivity index (χ2n) is 4.90. The molecule has 2 aromatic rings. The summed E-state index contributed by atoms with van der Waals surface area (Å²) in [6.45, 7) is 1.56. The summed E-state index contributed by atoms with van der Waals surface area (Å²) in [6, 6.07) is 8.46. The van der Waals surface area contributed by atoms with Gasteiger partial charge in [0.15, 0.2) is 23.9 Å². The van der Waals surface area contributed by atoms with Crippen LogP contribution in [-0.4, -0.2) is 25.4 Å². The minimum atomic E-state index is -0.857. The normalized spacial score (nSPS) is 11.5. The summed E-state index contributed by atoms with van der Waals surface area (Å²) in [7, 11) is 1.46. The van der Waals surface area contributed by atoms with Crippen LogP contribution < -0.4 is 14.8 Å². The number of rotatable bonds is 6. The zero-order chi connectivity index (χ0) is 17.7. The van der Waals surface area contributed by atoms with E-state index in [-0.39, 0.29) is 5.75 Å². The topological polar surface area (TPSA) is 64.6 Å². The van der Waals surface area contributed by atoms with E-state index in [0.29, 0.717) is 27.8 Å². The maximum Gasteiger partial charge on any atom is 0.265 e. The Morgan fingerprint density at radius 3 is 2.50 bits per heavy atom. The van der Waals surface area contributed by atoms with E-state index in [1.165, 1.54) is 37.4 Å². The number of amides is 1. The van der Waals surface area contributed by atoms with Gasteiger partial charge in [-0.3, -0.25) is 9.59 Å². The van der Waals surface area contributed by atoms with Gasteiger partial charge in [0.1, 0.15) is 5.82 Å². The van der Waals surface area contributed by atoms with Gasteiger partial charge in [-0.05, 0) is 59.3 Å². The van der Waals surface area contributed by atoms with E-state index >= 15 is 0 Å². The standard InChI is InChI=1S/C17H15BrFNO4/c1-10(17(22)20-13-5-3-12(19)4-6-13)24-16-7-11(9-21)14(18)8-15(16)23-2/h3-10H,1-2H3,(H,20,22)/t10-/m1/s1. The van der Waals surface area contributed by atoms with E-state index in [1.54, 1.807) is 13.0 Å². The van der Waals surface area contributed by atoms with Gasteiger partial charge in [0.2, 0.25) is 0 Å². The Balaban J connectivity index is 2.13. The third kappa shape index (κ3) is 4.32. The molecule has 5 nitrogen and oxygen atoms in total. The molecule has 0 aliphatic carbocycles. The smallest absolute Gasteiger partial charge is 0.265 e. The molecule has 0 aromatic heterocycles. The van der Waals surface area contributed by atoms with Crippen molar-refractivity contribution < 1.29 is 23.5 Å². The summed E-state index contributed by atoms with van der Waals surface area (Å²) in [4.78, 5) is 23.2. The molecule has 7 heteroatoms. The number of aldehydes is 1. The Morgan fingerprint density at radius 2 is 1.92 bits per heavy atom. The van der Waals surface area contributed by atoms with E-state index in [1.807, 2.05) is 0 Å². The fourth-order valence-corrected chi connectivity index (χ4v) is 2.33. The number of hydrogen-bond acceptors (Lipinski definition) is 4. The Labute approximate surface area is 146 Å². The molecule has 0 radical (unpaired) electrons. The molecule has 0 bridgehead atoms. The van der Waals surface area contributed by atoms with Crippen molar-refractivity contribution in [3.8, 4) is 11.5 Å². The third-order valence-electron chi connectivity index (χ3n) is 3.19. The number of carbonyl (C=O) groups excluding carboxylic acids is 2. The molecule has 2 rings (SSSR count). The number of hydrogen-bond donors (Lipinski definition) is 1. The number of carbonyl (C=O) groups is 2. The molecule has 0 saturated carbocycles. The highest BCUT2D eigenvalue weighted by Crippen LogP contribution is 2.33.